The van der Waals surface area contributed by atoms with Crippen molar-refractivity contribution in [3.05, 3.63) is 29.8 Å². The molecule has 5 rings (SSSR count). The normalized spacial score (nSPS) is 33.5. The van der Waals surface area contributed by atoms with Crippen molar-refractivity contribution in [1.29, 1.82) is 0 Å². The van der Waals surface area contributed by atoms with Crippen LogP contribution in [0.2, 0.25) is 0 Å². The standard InChI is InChI=1S/C23H34N2O2/c1-15(20-6-4-5-7-21(20)27-3)24-14-22(26)25-16(2)23-11-17-8-18(12-23)10-19(9-17)13-23/h4-7,15-19,24H,8-14H2,1-3H3,(H,25,26)/t15-,16+,17?,18?,19?,23?/m0/s1. The number of rotatable bonds is 7. The predicted octanol–water partition coefficient (Wildman–Crippen LogP) is 4.07. The molecule has 0 spiro atoms. The lowest BCUT2D eigenvalue weighted by Gasteiger charge is -2.59. The Bertz CT molecular complexity index is 651. The number of hydrogen-bond donors (Lipinski definition) is 2. The van der Waals surface area contributed by atoms with E-state index < -0.39 is 0 Å². The quantitative estimate of drug-likeness (QED) is 0.761. The Morgan fingerprint density at radius 3 is 2.30 bits per heavy atom. The zero-order valence-corrected chi connectivity index (χ0v) is 17.0. The Balaban J connectivity index is 1.32. The zero-order chi connectivity index (χ0) is 19.0. The Morgan fingerprint density at radius 1 is 1.11 bits per heavy atom. The van der Waals surface area contributed by atoms with E-state index in [4.69, 9.17) is 4.74 Å². The summed E-state index contributed by atoms with van der Waals surface area (Å²) in [4.78, 5) is 12.6. The molecule has 4 aliphatic carbocycles. The van der Waals surface area contributed by atoms with Gasteiger partial charge in [-0.3, -0.25) is 4.79 Å². The fraction of sp³-hybridized carbons (Fsp3) is 0.696. The smallest absolute Gasteiger partial charge is 0.234 e. The third-order valence-electron chi connectivity index (χ3n) is 7.56. The number of amides is 1. The molecule has 0 aliphatic heterocycles. The Morgan fingerprint density at radius 2 is 1.70 bits per heavy atom. The van der Waals surface area contributed by atoms with Crippen LogP contribution in [0.1, 0.15) is 64.0 Å². The van der Waals surface area contributed by atoms with E-state index in [1.807, 2.05) is 24.3 Å². The predicted molar refractivity (Wildman–Crippen MR) is 108 cm³/mol. The van der Waals surface area contributed by atoms with Gasteiger partial charge in [0.05, 0.1) is 13.7 Å². The van der Waals surface area contributed by atoms with Crippen LogP contribution >= 0.6 is 0 Å². The highest BCUT2D eigenvalue weighted by molar-refractivity contribution is 5.78. The lowest BCUT2D eigenvalue weighted by atomic mass is 9.48. The number of hydrogen-bond acceptors (Lipinski definition) is 3. The largest absolute Gasteiger partial charge is 0.496 e. The van der Waals surface area contributed by atoms with E-state index in [1.165, 1.54) is 38.5 Å². The van der Waals surface area contributed by atoms with Crippen LogP contribution in [-0.4, -0.2) is 25.6 Å². The molecule has 4 bridgehead atoms. The van der Waals surface area contributed by atoms with E-state index in [-0.39, 0.29) is 18.0 Å². The van der Waals surface area contributed by atoms with Crippen LogP contribution in [0.25, 0.3) is 0 Å². The number of carbonyl (C=O) groups is 1. The van der Waals surface area contributed by atoms with Crippen molar-refractivity contribution < 1.29 is 9.53 Å². The highest BCUT2D eigenvalue weighted by Crippen LogP contribution is 2.61. The van der Waals surface area contributed by atoms with E-state index in [1.54, 1.807) is 7.11 Å². The number of nitrogens with one attached hydrogen (secondary N) is 2. The van der Waals surface area contributed by atoms with E-state index >= 15 is 0 Å². The van der Waals surface area contributed by atoms with Gasteiger partial charge >= 0.3 is 0 Å². The summed E-state index contributed by atoms with van der Waals surface area (Å²) in [6.45, 7) is 4.66. The summed E-state index contributed by atoms with van der Waals surface area (Å²) in [6.07, 6.45) is 8.30. The molecule has 0 radical (unpaired) electrons. The van der Waals surface area contributed by atoms with E-state index in [0.29, 0.717) is 12.0 Å². The van der Waals surface area contributed by atoms with Gasteiger partial charge in [0.2, 0.25) is 5.91 Å². The van der Waals surface area contributed by atoms with Crippen molar-refractivity contribution in [2.24, 2.45) is 23.2 Å². The van der Waals surface area contributed by atoms with Crippen LogP contribution in [-0.2, 0) is 4.79 Å². The molecule has 4 saturated carbocycles. The van der Waals surface area contributed by atoms with Crippen molar-refractivity contribution in [2.75, 3.05) is 13.7 Å². The summed E-state index contributed by atoms with van der Waals surface area (Å²) >= 11 is 0. The Hall–Kier alpha value is -1.55. The number of benzene rings is 1. The number of para-hydroxylation sites is 1. The third-order valence-corrected chi connectivity index (χ3v) is 7.56. The van der Waals surface area contributed by atoms with Gasteiger partial charge in [0.15, 0.2) is 0 Å². The number of carbonyl (C=O) groups excluding carboxylic acids is 1. The maximum Gasteiger partial charge on any atom is 0.234 e. The minimum atomic E-state index is 0.0711. The second kappa shape index (κ2) is 7.46. The molecule has 1 amide bonds. The molecular formula is C23H34N2O2. The van der Waals surface area contributed by atoms with Gasteiger partial charge in [0.1, 0.15) is 5.75 Å². The van der Waals surface area contributed by atoms with Crippen LogP contribution in [0.3, 0.4) is 0 Å². The monoisotopic (exact) mass is 370 g/mol. The van der Waals surface area contributed by atoms with Crippen LogP contribution in [0.15, 0.2) is 24.3 Å². The highest BCUT2D eigenvalue weighted by Gasteiger charge is 2.53. The molecular weight excluding hydrogens is 336 g/mol. The van der Waals surface area contributed by atoms with Gasteiger partial charge in [-0.05, 0) is 81.6 Å². The van der Waals surface area contributed by atoms with Crippen molar-refractivity contribution in [1.82, 2.24) is 10.6 Å². The Kier molecular flexibility index (Phi) is 5.19. The summed E-state index contributed by atoms with van der Waals surface area (Å²) in [5.41, 5.74) is 1.44. The van der Waals surface area contributed by atoms with Gasteiger partial charge in [-0.2, -0.15) is 0 Å². The molecule has 4 fully saturated rings. The van der Waals surface area contributed by atoms with Gasteiger partial charge in [-0.25, -0.2) is 0 Å². The molecule has 0 saturated heterocycles. The van der Waals surface area contributed by atoms with E-state index in [2.05, 4.69) is 24.5 Å². The third kappa shape index (κ3) is 3.73. The molecule has 2 N–H and O–H groups in total. The SMILES string of the molecule is COc1ccccc1[C@H](C)NCC(=O)N[C@H](C)C12CC3CC(CC(C3)C1)C2. The van der Waals surface area contributed by atoms with Gasteiger partial charge in [-0.15, -0.1) is 0 Å². The maximum atomic E-state index is 12.6. The molecule has 0 aromatic heterocycles. The molecule has 2 atom stereocenters. The van der Waals surface area contributed by atoms with Gasteiger partial charge in [0.25, 0.3) is 0 Å². The molecule has 27 heavy (non-hydrogen) atoms. The number of ether oxygens (including phenoxy) is 1. The van der Waals surface area contributed by atoms with Gasteiger partial charge < -0.3 is 15.4 Å². The van der Waals surface area contributed by atoms with Crippen LogP contribution in [0.5, 0.6) is 5.75 Å². The van der Waals surface area contributed by atoms with Crippen LogP contribution < -0.4 is 15.4 Å². The minimum Gasteiger partial charge on any atom is -0.496 e. The fourth-order valence-electron chi connectivity index (χ4n) is 6.53. The second-order valence-electron chi connectivity index (χ2n) is 9.41. The van der Waals surface area contributed by atoms with Gasteiger partial charge in [0, 0.05) is 17.6 Å². The van der Waals surface area contributed by atoms with Crippen LogP contribution in [0.4, 0.5) is 0 Å². The summed E-state index contributed by atoms with van der Waals surface area (Å²) in [6, 6.07) is 8.33. The first-order valence-corrected chi connectivity index (χ1v) is 10.6. The topological polar surface area (TPSA) is 50.4 Å². The Labute approximate surface area is 163 Å². The number of methoxy groups -OCH3 is 1. The van der Waals surface area contributed by atoms with Crippen molar-refractivity contribution in [2.45, 2.75) is 64.5 Å². The lowest BCUT2D eigenvalue weighted by molar-refractivity contribution is -0.125. The van der Waals surface area contributed by atoms with Crippen molar-refractivity contribution >= 4 is 5.91 Å². The average molecular weight is 371 g/mol. The molecule has 4 aliphatic rings. The summed E-state index contributed by atoms with van der Waals surface area (Å²) in [5, 5.41) is 6.70. The fourth-order valence-corrected chi connectivity index (χ4v) is 6.53. The lowest BCUT2D eigenvalue weighted by Crippen LogP contribution is -2.56. The van der Waals surface area contributed by atoms with Crippen LogP contribution in [0, 0.1) is 23.2 Å². The molecule has 0 heterocycles. The minimum absolute atomic E-state index is 0.0711. The van der Waals surface area contributed by atoms with Gasteiger partial charge in [-0.1, -0.05) is 18.2 Å². The summed E-state index contributed by atoms with van der Waals surface area (Å²) in [7, 11) is 1.69. The van der Waals surface area contributed by atoms with Crippen molar-refractivity contribution in [3.63, 3.8) is 0 Å². The molecule has 4 nitrogen and oxygen atoms in total. The summed E-state index contributed by atoms with van der Waals surface area (Å²) < 4.78 is 5.44. The maximum absolute atomic E-state index is 12.6. The van der Waals surface area contributed by atoms with E-state index in [0.717, 1.165) is 29.1 Å². The first kappa shape index (κ1) is 18.8. The highest BCUT2D eigenvalue weighted by atomic mass is 16.5. The molecule has 4 heteroatoms. The second-order valence-corrected chi connectivity index (χ2v) is 9.41. The first-order valence-electron chi connectivity index (χ1n) is 10.6. The molecule has 148 valence electrons. The molecule has 0 unspecified atom stereocenters. The average Bonchev–Trinajstić information content (AvgIpc) is 2.65. The molecule has 1 aromatic carbocycles. The first-order chi connectivity index (χ1) is 13.0. The van der Waals surface area contributed by atoms with E-state index in [9.17, 15) is 4.79 Å². The van der Waals surface area contributed by atoms with Crippen molar-refractivity contribution in [3.8, 4) is 5.75 Å². The summed E-state index contributed by atoms with van der Waals surface area (Å²) in [5.74, 6) is 3.72. The zero-order valence-electron chi connectivity index (χ0n) is 17.0. The molecule has 1 aromatic rings.